The van der Waals surface area contributed by atoms with Gasteiger partial charge in [-0.05, 0) is 25.0 Å². The summed E-state index contributed by atoms with van der Waals surface area (Å²) in [7, 11) is 0. The van der Waals surface area contributed by atoms with E-state index in [0.717, 1.165) is 33.5 Å². The van der Waals surface area contributed by atoms with Crippen LogP contribution in [0.15, 0.2) is 10.5 Å². The van der Waals surface area contributed by atoms with Crippen molar-refractivity contribution in [2.75, 3.05) is 13.2 Å². The summed E-state index contributed by atoms with van der Waals surface area (Å²) in [5, 5.41) is 0. The van der Waals surface area contributed by atoms with Gasteiger partial charge in [-0.2, -0.15) is 0 Å². The van der Waals surface area contributed by atoms with Crippen LogP contribution in [0.4, 0.5) is 0 Å². The minimum Gasteiger partial charge on any atom is -0.486 e. The number of hydrogen-bond acceptors (Lipinski definition) is 3. The van der Waals surface area contributed by atoms with Crippen molar-refractivity contribution in [1.82, 2.24) is 0 Å². The maximum absolute atomic E-state index is 6.00. The second-order valence-corrected chi connectivity index (χ2v) is 4.77. The molecule has 1 heterocycles. The highest BCUT2D eigenvalue weighted by Gasteiger charge is 2.22. The summed E-state index contributed by atoms with van der Waals surface area (Å²) in [4.78, 5) is 0. The molecule has 1 aliphatic heterocycles. The van der Waals surface area contributed by atoms with E-state index in [1.54, 1.807) is 0 Å². The van der Waals surface area contributed by atoms with E-state index in [1.807, 2.05) is 13.0 Å². The van der Waals surface area contributed by atoms with Gasteiger partial charge in [0.05, 0.1) is 0 Å². The minimum atomic E-state index is -0.0137. The Hall–Kier alpha value is -0.740. The summed E-state index contributed by atoms with van der Waals surface area (Å²) in [6, 6.07) is 1.94. The summed E-state index contributed by atoms with van der Waals surface area (Å²) in [6.07, 6.45) is 0.891. The average molecular weight is 286 g/mol. The molecule has 1 atom stereocenters. The standard InChI is InChI=1S/C12H16BrNO2/c1-3-8-11(7(2)14)9(13)6-10-12(8)16-5-4-15-10/h6-7H,3-5,14H2,1-2H3. The van der Waals surface area contributed by atoms with Gasteiger partial charge in [0, 0.05) is 16.1 Å². The van der Waals surface area contributed by atoms with Gasteiger partial charge in [0.25, 0.3) is 0 Å². The number of hydrogen-bond donors (Lipinski definition) is 1. The van der Waals surface area contributed by atoms with Crippen molar-refractivity contribution in [2.45, 2.75) is 26.3 Å². The predicted molar refractivity (Wildman–Crippen MR) is 67.1 cm³/mol. The summed E-state index contributed by atoms with van der Waals surface area (Å²) in [6.45, 7) is 5.31. The van der Waals surface area contributed by atoms with Gasteiger partial charge in [-0.3, -0.25) is 0 Å². The number of halogens is 1. The second-order valence-electron chi connectivity index (χ2n) is 3.92. The molecule has 0 bridgehead atoms. The Bertz CT molecular complexity index is 404. The van der Waals surface area contributed by atoms with Crippen LogP contribution in [0.2, 0.25) is 0 Å². The lowest BCUT2D eigenvalue weighted by Crippen LogP contribution is -2.19. The van der Waals surface area contributed by atoms with E-state index in [9.17, 15) is 0 Å². The maximum Gasteiger partial charge on any atom is 0.164 e. The highest BCUT2D eigenvalue weighted by Crippen LogP contribution is 2.42. The minimum absolute atomic E-state index is 0.0137. The van der Waals surface area contributed by atoms with Gasteiger partial charge in [-0.25, -0.2) is 0 Å². The number of rotatable bonds is 2. The van der Waals surface area contributed by atoms with Crippen LogP contribution in [0.5, 0.6) is 11.5 Å². The third-order valence-electron chi connectivity index (χ3n) is 2.73. The van der Waals surface area contributed by atoms with Crippen LogP contribution in [-0.4, -0.2) is 13.2 Å². The van der Waals surface area contributed by atoms with Crippen molar-refractivity contribution in [2.24, 2.45) is 5.73 Å². The largest absolute Gasteiger partial charge is 0.486 e. The molecular weight excluding hydrogens is 270 g/mol. The zero-order valence-electron chi connectivity index (χ0n) is 9.55. The molecule has 1 aromatic rings. The van der Waals surface area contributed by atoms with Crippen LogP contribution in [0.25, 0.3) is 0 Å². The van der Waals surface area contributed by atoms with Gasteiger partial charge in [-0.1, -0.05) is 22.9 Å². The Morgan fingerprint density at radius 2 is 2.12 bits per heavy atom. The van der Waals surface area contributed by atoms with Gasteiger partial charge in [0.15, 0.2) is 11.5 Å². The second kappa shape index (κ2) is 4.63. The Morgan fingerprint density at radius 3 is 2.75 bits per heavy atom. The van der Waals surface area contributed by atoms with Crippen LogP contribution >= 0.6 is 15.9 Å². The van der Waals surface area contributed by atoms with Gasteiger partial charge in [-0.15, -0.1) is 0 Å². The Balaban J connectivity index is 2.62. The lowest BCUT2D eigenvalue weighted by molar-refractivity contribution is 0.169. The molecule has 2 N–H and O–H groups in total. The van der Waals surface area contributed by atoms with Gasteiger partial charge in [0.2, 0.25) is 0 Å². The van der Waals surface area contributed by atoms with Crippen molar-refractivity contribution in [3.63, 3.8) is 0 Å². The first-order valence-corrected chi connectivity index (χ1v) is 6.30. The van der Waals surface area contributed by atoms with Crippen molar-refractivity contribution in [3.05, 3.63) is 21.7 Å². The van der Waals surface area contributed by atoms with Crippen LogP contribution < -0.4 is 15.2 Å². The SMILES string of the molecule is CCc1c2c(cc(Br)c1C(C)N)OCCO2. The van der Waals surface area contributed by atoms with E-state index >= 15 is 0 Å². The van der Waals surface area contributed by atoms with Crippen molar-refractivity contribution >= 4 is 15.9 Å². The predicted octanol–water partition coefficient (Wildman–Crippen LogP) is 2.80. The van der Waals surface area contributed by atoms with E-state index in [4.69, 9.17) is 15.2 Å². The molecule has 88 valence electrons. The summed E-state index contributed by atoms with van der Waals surface area (Å²) in [5.41, 5.74) is 8.27. The zero-order valence-corrected chi connectivity index (χ0v) is 11.1. The molecule has 0 saturated carbocycles. The molecule has 0 aromatic heterocycles. The summed E-state index contributed by atoms with van der Waals surface area (Å²) < 4.78 is 12.3. The van der Waals surface area contributed by atoms with E-state index in [-0.39, 0.29) is 6.04 Å². The molecule has 0 amide bonds. The molecule has 0 saturated heterocycles. The van der Waals surface area contributed by atoms with Gasteiger partial charge < -0.3 is 15.2 Å². The molecule has 0 aliphatic carbocycles. The van der Waals surface area contributed by atoms with Crippen LogP contribution in [0.3, 0.4) is 0 Å². The molecule has 1 unspecified atom stereocenters. The number of fused-ring (bicyclic) bond motifs is 1. The fraction of sp³-hybridized carbons (Fsp3) is 0.500. The number of nitrogens with two attached hydrogens (primary N) is 1. The molecule has 0 fully saturated rings. The average Bonchev–Trinajstić information content (AvgIpc) is 2.26. The number of ether oxygens (including phenoxy) is 2. The monoisotopic (exact) mass is 285 g/mol. The molecule has 3 nitrogen and oxygen atoms in total. The topological polar surface area (TPSA) is 44.5 Å². The van der Waals surface area contributed by atoms with Crippen molar-refractivity contribution in [3.8, 4) is 11.5 Å². The van der Waals surface area contributed by atoms with E-state index < -0.39 is 0 Å². The first-order valence-electron chi connectivity index (χ1n) is 5.51. The van der Waals surface area contributed by atoms with Crippen LogP contribution in [0, 0.1) is 0 Å². The lowest BCUT2D eigenvalue weighted by atomic mass is 9.98. The Labute approximate surface area is 104 Å². The molecule has 4 heteroatoms. The lowest BCUT2D eigenvalue weighted by Gasteiger charge is -2.25. The highest BCUT2D eigenvalue weighted by molar-refractivity contribution is 9.10. The summed E-state index contributed by atoms with van der Waals surface area (Å²) in [5.74, 6) is 1.68. The fourth-order valence-electron chi connectivity index (χ4n) is 2.08. The summed E-state index contributed by atoms with van der Waals surface area (Å²) >= 11 is 3.55. The van der Waals surface area contributed by atoms with Crippen molar-refractivity contribution < 1.29 is 9.47 Å². The van der Waals surface area contributed by atoms with E-state index in [2.05, 4.69) is 22.9 Å². The van der Waals surface area contributed by atoms with Crippen molar-refractivity contribution in [1.29, 1.82) is 0 Å². The normalized spacial score (nSPS) is 16.0. The van der Waals surface area contributed by atoms with E-state index in [1.165, 1.54) is 0 Å². The Morgan fingerprint density at radius 1 is 1.44 bits per heavy atom. The zero-order chi connectivity index (χ0) is 11.7. The Kier molecular flexibility index (Phi) is 3.40. The third kappa shape index (κ3) is 1.92. The first kappa shape index (κ1) is 11.7. The first-order chi connectivity index (χ1) is 7.65. The van der Waals surface area contributed by atoms with E-state index in [0.29, 0.717) is 13.2 Å². The molecule has 16 heavy (non-hydrogen) atoms. The fourth-order valence-corrected chi connectivity index (χ4v) is 2.89. The maximum atomic E-state index is 6.00. The van der Waals surface area contributed by atoms with Crippen LogP contribution in [0.1, 0.15) is 31.0 Å². The smallest absolute Gasteiger partial charge is 0.164 e. The highest BCUT2D eigenvalue weighted by atomic mass is 79.9. The van der Waals surface area contributed by atoms with Gasteiger partial charge in [0.1, 0.15) is 13.2 Å². The molecule has 2 rings (SSSR count). The molecule has 0 spiro atoms. The van der Waals surface area contributed by atoms with Crippen LogP contribution in [-0.2, 0) is 6.42 Å². The molecule has 0 radical (unpaired) electrons. The third-order valence-corrected chi connectivity index (χ3v) is 3.39. The number of benzene rings is 1. The molecular formula is C12H16BrNO2. The van der Waals surface area contributed by atoms with Gasteiger partial charge >= 0.3 is 0 Å². The molecule has 1 aromatic carbocycles. The molecule has 1 aliphatic rings. The quantitative estimate of drug-likeness (QED) is 0.909.